The van der Waals surface area contributed by atoms with Crippen molar-refractivity contribution in [3.8, 4) is 0 Å². The molecular weight excluding hydrogens is 311 g/mol. The molecule has 0 atom stereocenters. The number of carbonyl (C=O) groups is 1. The van der Waals surface area contributed by atoms with E-state index in [9.17, 15) is 4.79 Å². The van der Waals surface area contributed by atoms with Crippen LogP contribution in [0.2, 0.25) is 10.0 Å². The van der Waals surface area contributed by atoms with Crippen LogP contribution in [-0.2, 0) is 12.8 Å². The number of nitrogens with one attached hydrogen (secondary N) is 2. The number of carbonyl (C=O) groups excluding carboxylic acids is 1. The minimum atomic E-state index is -0.199. The number of amides is 2. The van der Waals surface area contributed by atoms with Crippen LogP contribution >= 0.6 is 23.2 Å². The summed E-state index contributed by atoms with van der Waals surface area (Å²) in [5.41, 5.74) is 0.989. The van der Waals surface area contributed by atoms with Gasteiger partial charge < -0.3 is 15.1 Å². The maximum absolute atomic E-state index is 11.6. The summed E-state index contributed by atoms with van der Waals surface area (Å²) in [6.45, 7) is 1.05. The van der Waals surface area contributed by atoms with Crippen LogP contribution < -0.4 is 10.6 Å². The Morgan fingerprint density at radius 2 is 1.71 bits per heavy atom. The van der Waals surface area contributed by atoms with Gasteiger partial charge in [0.2, 0.25) is 0 Å². The first kappa shape index (κ1) is 15.7. The smallest absolute Gasteiger partial charge is 0.314 e. The highest BCUT2D eigenvalue weighted by atomic mass is 35.5. The van der Waals surface area contributed by atoms with Gasteiger partial charge in [0.25, 0.3) is 0 Å². The summed E-state index contributed by atoms with van der Waals surface area (Å²) in [4.78, 5) is 11.6. The van der Waals surface area contributed by atoms with Crippen molar-refractivity contribution in [3.05, 3.63) is 58.0 Å². The van der Waals surface area contributed by atoms with Gasteiger partial charge in [0.15, 0.2) is 0 Å². The van der Waals surface area contributed by atoms with E-state index < -0.39 is 0 Å². The van der Waals surface area contributed by atoms with Crippen molar-refractivity contribution in [2.45, 2.75) is 12.8 Å². The number of halogens is 2. The van der Waals surface area contributed by atoms with E-state index >= 15 is 0 Å². The summed E-state index contributed by atoms with van der Waals surface area (Å²) in [6.07, 6.45) is 2.96. The summed E-state index contributed by atoms with van der Waals surface area (Å²) in [7, 11) is 0. The zero-order chi connectivity index (χ0) is 15.1. The van der Waals surface area contributed by atoms with E-state index in [2.05, 4.69) is 10.6 Å². The van der Waals surface area contributed by atoms with Crippen molar-refractivity contribution in [2.24, 2.45) is 0 Å². The van der Waals surface area contributed by atoms with Gasteiger partial charge in [0.1, 0.15) is 5.76 Å². The molecule has 2 amide bonds. The average molecular weight is 327 g/mol. The monoisotopic (exact) mass is 326 g/mol. The Balaban J connectivity index is 1.64. The van der Waals surface area contributed by atoms with E-state index in [1.807, 2.05) is 24.3 Å². The molecule has 0 spiro atoms. The van der Waals surface area contributed by atoms with Gasteiger partial charge in [0.05, 0.1) is 6.26 Å². The molecule has 2 rings (SSSR count). The van der Waals surface area contributed by atoms with Crippen LogP contribution in [0.25, 0.3) is 0 Å². The molecule has 0 fully saturated rings. The maximum Gasteiger partial charge on any atom is 0.314 e. The van der Waals surface area contributed by atoms with E-state index in [-0.39, 0.29) is 6.03 Å². The number of rotatable bonds is 6. The van der Waals surface area contributed by atoms with Gasteiger partial charge in [0, 0.05) is 29.6 Å². The minimum Gasteiger partial charge on any atom is -0.469 e. The first-order valence-corrected chi connectivity index (χ1v) is 7.38. The van der Waals surface area contributed by atoms with E-state index in [1.165, 1.54) is 0 Å². The quantitative estimate of drug-likeness (QED) is 0.850. The first-order valence-electron chi connectivity index (χ1n) is 6.62. The molecule has 0 unspecified atom stereocenters. The number of hydrogen-bond donors (Lipinski definition) is 2. The van der Waals surface area contributed by atoms with Gasteiger partial charge in [-0.05, 0) is 42.3 Å². The molecule has 6 heteroatoms. The minimum absolute atomic E-state index is 0.199. The lowest BCUT2D eigenvalue weighted by molar-refractivity contribution is 0.241. The zero-order valence-corrected chi connectivity index (χ0v) is 12.9. The lowest BCUT2D eigenvalue weighted by Crippen LogP contribution is -2.37. The van der Waals surface area contributed by atoms with Gasteiger partial charge in [-0.1, -0.05) is 23.2 Å². The Bertz CT molecular complexity index is 565. The summed E-state index contributed by atoms with van der Waals surface area (Å²) < 4.78 is 5.18. The number of benzene rings is 1. The lowest BCUT2D eigenvalue weighted by atomic mass is 10.1. The fourth-order valence-corrected chi connectivity index (χ4v) is 2.46. The molecule has 1 heterocycles. The molecule has 1 aromatic heterocycles. The Kier molecular flexibility index (Phi) is 5.96. The van der Waals surface area contributed by atoms with Crippen molar-refractivity contribution in [3.63, 3.8) is 0 Å². The van der Waals surface area contributed by atoms with E-state index in [4.69, 9.17) is 27.6 Å². The predicted molar refractivity (Wildman–Crippen MR) is 84.0 cm³/mol. The molecule has 2 aromatic rings. The SMILES string of the molecule is O=C(NCCc1cc(Cl)cc(Cl)c1)NCCc1ccco1. The van der Waals surface area contributed by atoms with Crippen LogP contribution in [0, 0.1) is 0 Å². The maximum atomic E-state index is 11.6. The largest absolute Gasteiger partial charge is 0.469 e. The summed E-state index contributed by atoms with van der Waals surface area (Å²) in [5, 5.41) is 6.75. The number of urea groups is 1. The van der Waals surface area contributed by atoms with Gasteiger partial charge >= 0.3 is 6.03 Å². The van der Waals surface area contributed by atoms with Crippen molar-refractivity contribution >= 4 is 29.2 Å². The Labute approximate surface area is 133 Å². The van der Waals surface area contributed by atoms with Crippen LogP contribution in [0.5, 0.6) is 0 Å². The molecule has 0 saturated carbocycles. The molecule has 0 aliphatic heterocycles. The predicted octanol–water partition coefficient (Wildman–Crippen LogP) is 3.67. The van der Waals surface area contributed by atoms with Crippen LogP contribution in [0.15, 0.2) is 41.0 Å². The van der Waals surface area contributed by atoms with Crippen LogP contribution in [0.1, 0.15) is 11.3 Å². The third-order valence-corrected chi connectivity index (χ3v) is 3.30. The van der Waals surface area contributed by atoms with Gasteiger partial charge in [-0.15, -0.1) is 0 Å². The van der Waals surface area contributed by atoms with E-state index in [0.717, 1.165) is 11.3 Å². The van der Waals surface area contributed by atoms with Gasteiger partial charge in [-0.2, -0.15) is 0 Å². The van der Waals surface area contributed by atoms with E-state index in [0.29, 0.717) is 36.0 Å². The van der Waals surface area contributed by atoms with Gasteiger partial charge in [-0.3, -0.25) is 0 Å². The molecule has 2 N–H and O–H groups in total. The summed E-state index contributed by atoms with van der Waals surface area (Å²) >= 11 is 11.8. The molecule has 0 saturated heterocycles. The molecule has 0 aliphatic rings. The Morgan fingerprint density at radius 3 is 2.33 bits per heavy atom. The second-order valence-corrected chi connectivity index (χ2v) is 5.41. The number of hydrogen-bond acceptors (Lipinski definition) is 2. The van der Waals surface area contributed by atoms with Crippen molar-refractivity contribution < 1.29 is 9.21 Å². The highest BCUT2D eigenvalue weighted by Gasteiger charge is 2.02. The normalized spacial score (nSPS) is 10.4. The molecule has 0 radical (unpaired) electrons. The second-order valence-electron chi connectivity index (χ2n) is 4.54. The van der Waals surface area contributed by atoms with Gasteiger partial charge in [-0.25, -0.2) is 4.79 Å². The zero-order valence-electron chi connectivity index (χ0n) is 11.4. The fourth-order valence-electron chi connectivity index (χ4n) is 1.89. The van der Waals surface area contributed by atoms with Crippen molar-refractivity contribution in [1.82, 2.24) is 10.6 Å². The average Bonchev–Trinajstić information content (AvgIpc) is 2.91. The number of furan rings is 1. The standard InChI is InChI=1S/C15H16Cl2N2O2/c16-12-8-11(9-13(17)10-12)3-5-18-15(20)19-6-4-14-2-1-7-21-14/h1-2,7-10H,3-6H2,(H2,18,19,20). The molecule has 112 valence electrons. The summed E-state index contributed by atoms with van der Waals surface area (Å²) in [6, 6.07) is 8.86. The van der Waals surface area contributed by atoms with Crippen LogP contribution in [-0.4, -0.2) is 19.1 Å². The molecule has 0 aliphatic carbocycles. The molecule has 21 heavy (non-hydrogen) atoms. The molecule has 1 aromatic carbocycles. The topological polar surface area (TPSA) is 54.3 Å². The fraction of sp³-hybridized carbons (Fsp3) is 0.267. The first-order chi connectivity index (χ1) is 10.1. The molecular formula is C15H16Cl2N2O2. The molecule has 4 nitrogen and oxygen atoms in total. The third kappa shape index (κ3) is 5.69. The second kappa shape index (κ2) is 7.96. The highest BCUT2D eigenvalue weighted by molar-refractivity contribution is 6.34. The Morgan fingerprint density at radius 1 is 1.05 bits per heavy atom. The van der Waals surface area contributed by atoms with Crippen LogP contribution in [0.3, 0.4) is 0 Å². The van der Waals surface area contributed by atoms with Crippen molar-refractivity contribution in [1.29, 1.82) is 0 Å². The lowest BCUT2D eigenvalue weighted by Gasteiger charge is -2.07. The third-order valence-electron chi connectivity index (χ3n) is 2.86. The Hall–Kier alpha value is -1.65. The molecule has 0 bridgehead atoms. The summed E-state index contributed by atoms with van der Waals surface area (Å²) in [5.74, 6) is 0.851. The van der Waals surface area contributed by atoms with E-state index in [1.54, 1.807) is 12.3 Å². The van der Waals surface area contributed by atoms with Crippen LogP contribution in [0.4, 0.5) is 4.79 Å². The highest BCUT2D eigenvalue weighted by Crippen LogP contribution is 2.19. The van der Waals surface area contributed by atoms with Crippen molar-refractivity contribution in [2.75, 3.05) is 13.1 Å².